The van der Waals surface area contributed by atoms with Crippen LogP contribution in [0.25, 0.3) is 17.5 Å². The van der Waals surface area contributed by atoms with E-state index in [4.69, 9.17) is 4.42 Å². The molecule has 3 aromatic rings. The van der Waals surface area contributed by atoms with E-state index in [1.165, 1.54) is 28.9 Å². The van der Waals surface area contributed by atoms with Crippen molar-refractivity contribution in [1.29, 1.82) is 0 Å². The molecule has 3 rings (SSSR count). The third-order valence-electron chi connectivity index (χ3n) is 3.09. The average molecular weight is 296 g/mol. The molecular weight excluding hydrogens is 283 g/mol. The molecule has 0 saturated carbocycles. The molecule has 110 valence electrons. The number of nitrogens with zero attached hydrogens (tertiary/aromatic N) is 2. The number of allylic oxidation sites excluding steroid dienone is 1. The summed E-state index contributed by atoms with van der Waals surface area (Å²) in [6, 6.07) is 15.4. The maximum atomic E-state index is 12.9. The lowest BCUT2D eigenvalue weighted by Gasteiger charge is -1.94. The molecule has 0 aliphatic heterocycles. The van der Waals surface area contributed by atoms with Gasteiger partial charge in [0.1, 0.15) is 5.82 Å². The fourth-order valence-corrected chi connectivity index (χ4v) is 1.98. The Kier molecular flexibility index (Phi) is 3.96. The predicted molar refractivity (Wildman–Crippen MR) is 81.6 cm³/mol. The van der Waals surface area contributed by atoms with Gasteiger partial charge in [-0.25, -0.2) is 9.18 Å². The fourth-order valence-electron chi connectivity index (χ4n) is 1.98. The van der Waals surface area contributed by atoms with Crippen LogP contribution in [0.1, 0.15) is 5.56 Å². The first kappa shape index (κ1) is 14.0. The normalized spacial score (nSPS) is 11.1. The second-order valence-electron chi connectivity index (χ2n) is 4.68. The van der Waals surface area contributed by atoms with E-state index in [0.29, 0.717) is 12.1 Å². The van der Waals surface area contributed by atoms with Crippen molar-refractivity contribution >= 4 is 6.08 Å². The van der Waals surface area contributed by atoms with E-state index in [0.717, 1.165) is 5.56 Å². The van der Waals surface area contributed by atoms with Crippen LogP contribution < -0.4 is 5.76 Å². The molecule has 0 bridgehead atoms. The Bertz CT molecular complexity index is 833. The Balaban J connectivity index is 1.77. The van der Waals surface area contributed by atoms with E-state index in [9.17, 15) is 9.18 Å². The maximum absolute atomic E-state index is 12.9. The number of hydrogen-bond acceptors (Lipinski definition) is 3. The summed E-state index contributed by atoms with van der Waals surface area (Å²) in [5.41, 5.74) is 1.60. The van der Waals surface area contributed by atoms with Gasteiger partial charge in [0.2, 0.25) is 5.89 Å². The van der Waals surface area contributed by atoms with Crippen molar-refractivity contribution < 1.29 is 8.81 Å². The highest BCUT2D eigenvalue weighted by Crippen LogP contribution is 2.15. The molecule has 1 aromatic heterocycles. The molecule has 0 spiro atoms. The first-order chi connectivity index (χ1) is 10.7. The predicted octanol–water partition coefficient (Wildman–Crippen LogP) is 3.36. The van der Waals surface area contributed by atoms with Crippen LogP contribution in [-0.2, 0) is 6.54 Å². The molecule has 0 aliphatic rings. The van der Waals surface area contributed by atoms with E-state index in [2.05, 4.69) is 5.10 Å². The number of aromatic nitrogens is 2. The highest BCUT2D eigenvalue weighted by molar-refractivity contribution is 5.52. The maximum Gasteiger partial charge on any atom is 0.437 e. The summed E-state index contributed by atoms with van der Waals surface area (Å²) < 4.78 is 19.2. The molecule has 0 aliphatic carbocycles. The van der Waals surface area contributed by atoms with Gasteiger partial charge < -0.3 is 4.42 Å². The van der Waals surface area contributed by atoms with Crippen molar-refractivity contribution in [3.63, 3.8) is 0 Å². The molecule has 22 heavy (non-hydrogen) atoms. The van der Waals surface area contributed by atoms with Crippen molar-refractivity contribution in [2.45, 2.75) is 6.54 Å². The van der Waals surface area contributed by atoms with Gasteiger partial charge in [0.05, 0.1) is 6.54 Å². The molecule has 0 amide bonds. The van der Waals surface area contributed by atoms with Gasteiger partial charge in [-0.05, 0) is 29.8 Å². The molecule has 1 heterocycles. The Morgan fingerprint density at radius 3 is 2.55 bits per heavy atom. The van der Waals surface area contributed by atoms with Crippen molar-refractivity contribution in [3.8, 4) is 11.5 Å². The van der Waals surface area contributed by atoms with Gasteiger partial charge in [0.15, 0.2) is 0 Å². The monoisotopic (exact) mass is 296 g/mol. The summed E-state index contributed by atoms with van der Waals surface area (Å²) in [5.74, 6) is -0.716. The highest BCUT2D eigenvalue weighted by atomic mass is 19.1. The van der Waals surface area contributed by atoms with Gasteiger partial charge >= 0.3 is 5.76 Å². The SMILES string of the molecule is O=c1oc(-c2ccc(F)cc2)nn1C/C=C/c1ccccc1. The Hall–Kier alpha value is -2.95. The minimum absolute atomic E-state index is 0.179. The summed E-state index contributed by atoms with van der Waals surface area (Å²) in [6.07, 6.45) is 3.73. The van der Waals surface area contributed by atoms with Crippen LogP contribution >= 0.6 is 0 Å². The topological polar surface area (TPSA) is 48.0 Å². The summed E-state index contributed by atoms with van der Waals surface area (Å²) in [7, 11) is 0. The largest absolute Gasteiger partial charge is 0.437 e. The summed E-state index contributed by atoms with van der Waals surface area (Å²) in [5, 5.41) is 4.10. The first-order valence-corrected chi connectivity index (χ1v) is 6.78. The van der Waals surface area contributed by atoms with Gasteiger partial charge in [-0.3, -0.25) is 0 Å². The minimum atomic E-state index is -0.544. The van der Waals surface area contributed by atoms with Crippen LogP contribution in [0.4, 0.5) is 4.39 Å². The molecule has 0 saturated heterocycles. The van der Waals surface area contributed by atoms with Gasteiger partial charge in [0, 0.05) is 5.56 Å². The Morgan fingerprint density at radius 2 is 1.82 bits per heavy atom. The minimum Gasteiger partial charge on any atom is -0.388 e. The molecule has 4 nitrogen and oxygen atoms in total. The number of halogens is 1. The first-order valence-electron chi connectivity index (χ1n) is 6.78. The van der Waals surface area contributed by atoms with E-state index < -0.39 is 5.76 Å². The van der Waals surface area contributed by atoms with E-state index >= 15 is 0 Å². The molecular formula is C17H13FN2O2. The zero-order valence-corrected chi connectivity index (χ0v) is 11.6. The smallest absolute Gasteiger partial charge is 0.388 e. The van der Waals surface area contributed by atoms with Crippen LogP contribution in [-0.4, -0.2) is 9.78 Å². The molecule has 0 fully saturated rings. The van der Waals surface area contributed by atoms with Crippen LogP contribution in [0.3, 0.4) is 0 Å². The number of hydrogen-bond donors (Lipinski definition) is 0. The second-order valence-corrected chi connectivity index (χ2v) is 4.68. The van der Waals surface area contributed by atoms with E-state index in [1.807, 2.05) is 42.5 Å². The fraction of sp³-hybridized carbons (Fsp3) is 0.0588. The third-order valence-corrected chi connectivity index (χ3v) is 3.09. The zero-order valence-electron chi connectivity index (χ0n) is 11.6. The molecule has 2 aromatic carbocycles. The van der Waals surface area contributed by atoms with Crippen LogP contribution in [0.5, 0.6) is 0 Å². The Morgan fingerprint density at radius 1 is 1.09 bits per heavy atom. The second kappa shape index (κ2) is 6.22. The molecule has 0 radical (unpaired) electrons. The standard InChI is InChI=1S/C17H13FN2O2/c18-15-10-8-14(9-11-15)16-19-20(17(21)22-16)12-4-7-13-5-2-1-3-6-13/h1-11H,12H2/b7-4+. The van der Waals surface area contributed by atoms with Gasteiger partial charge in [-0.2, -0.15) is 4.68 Å². The van der Waals surface area contributed by atoms with Crippen molar-refractivity contribution in [2.75, 3.05) is 0 Å². The van der Waals surface area contributed by atoms with Crippen LogP contribution in [0, 0.1) is 5.82 Å². The molecule has 0 unspecified atom stereocenters. The molecule has 0 atom stereocenters. The quantitative estimate of drug-likeness (QED) is 0.741. The zero-order chi connectivity index (χ0) is 15.4. The highest BCUT2D eigenvalue weighted by Gasteiger charge is 2.09. The van der Waals surface area contributed by atoms with Gasteiger partial charge in [-0.1, -0.05) is 42.5 Å². The number of rotatable bonds is 4. The van der Waals surface area contributed by atoms with Gasteiger partial charge in [0.25, 0.3) is 0 Å². The van der Waals surface area contributed by atoms with Crippen molar-refractivity contribution in [1.82, 2.24) is 9.78 Å². The van der Waals surface area contributed by atoms with Crippen LogP contribution in [0.15, 0.2) is 69.9 Å². The third kappa shape index (κ3) is 3.20. The molecule has 0 N–H and O–H groups in total. The lowest BCUT2D eigenvalue weighted by Crippen LogP contribution is -2.14. The number of benzene rings is 2. The van der Waals surface area contributed by atoms with Gasteiger partial charge in [-0.15, -0.1) is 5.10 Å². The average Bonchev–Trinajstić information content (AvgIpc) is 2.90. The lowest BCUT2D eigenvalue weighted by molar-refractivity contribution is 0.497. The summed E-state index contributed by atoms with van der Waals surface area (Å²) >= 11 is 0. The van der Waals surface area contributed by atoms with Crippen LogP contribution in [0.2, 0.25) is 0 Å². The van der Waals surface area contributed by atoms with E-state index in [1.54, 1.807) is 0 Å². The van der Waals surface area contributed by atoms with E-state index in [-0.39, 0.29) is 11.7 Å². The van der Waals surface area contributed by atoms with Crippen molar-refractivity contribution in [2.24, 2.45) is 0 Å². The van der Waals surface area contributed by atoms with Crippen molar-refractivity contribution in [3.05, 3.63) is 82.6 Å². The Labute approximate surface area is 126 Å². The summed E-state index contributed by atoms with van der Waals surface area (Å²) in [4.78, 5) is 11.7. The molecule has 5 heteroatoms. The summed E-state index contributed by atoms with van der Waals surface area (Å²) in [6.45, 7) is 0.304. The lowest BCUT2D eigenvalue weighted by atomic mass is 10.2.